The zero-order valence-corrected chi connectivity index (χ0v) is 28.9. The lowest BCUT2D eigenvalue weighted by Gasteiger charge is -2.13. The molecule has 1 fully saturated rings. The van der Waals surface area contributed by atoms with Crippen LogP contribution in [0.25, 0.3) is 6.08 Å². The lowest BCUT2D eigenvalue weighted by atomic mass is 9.97. The summed E-state index contributed by atoms with van der Waals surface area (Å²) in [4.78, 5) is 42.7. The van der Waals surface area contributed by atoms with Gasteiger partial charge < -0.3 is 10.1 Å². The number of allylic oxidation sites excluding steroid dienone is 1. The lowest BCUT2D eigenvalue weighted by Crippen LogP contribution is -2.34. The fourth-order valence-electron chi connectivity index (χ4n) is 2.09. The molecule has 0 spiro atoms. The van der Waals surface area contributed by atoms with Crippen LogP contribution < -0.4 is 5.32 Å². The van der Waals surface area contributed by atoms with E-state index in [9.17, 15) is 14.4 Å². The average Bonchev–Trinajstić information content (AvgIpc) is 3.74. The number of rotatable bonds is 8. The molecule has 1 aromatic rings. The number of carbonyl (C=O) groups excluding carboxylic acids is 3. The van der Waals surface area contributed by atoms with Crippen molar-refractivity contribution in [3.05, 3.63) is 46.9 Å². The van der Waals surface area contributed by atoms with Crippen molar-refractivity contribution in [1.29, 1.82) is 0 Å². The van der Waals surface area contributed by atoms with E-state index in [2.05, 4.69) is 38.2 Å². The number of nitrogens with zero attached hydrogens (tertiary/aromatic N) is 1. The van der Waals surface area contributed by atoms with E-state index >= 15 is 0 Å². The van der Waals surface area contributed by atoms with Crippen molar-refractivity contribution in [2.24, 2.45) is 22.9 Å². The predicted molar refractivity (Wildman–Crippen MR) is 179 cm³/mol. The molecule has 2 rings (SSSR count). The highest BCUT2D eigenvalue weighted by Gasteiger charge is 2.19. The third-order valence-electron chi connectivity index (χ3n) is 3.81. The van der Waals surface area contributed by atoms with Gasteiger partial charge in [-0.1, -0.05) is 144 Å². The topological polar surface area (TPSA) is 92.7 Å². The summed E-state index contributed by atoms with van der Waals surface area (Å²) >= 11 is 0. The van der Waals surface area contributed by atoms with Crippen molar-refractivity contribution < 1.29 is 14.4 Å². The van der Waals surface area contributed by atoms with Crippen LogP contribution in [0.3, 0.4) is 0 Å². The Morgan fingerprint density at radius 1 is 0.875 bits per heavy atom. The quantitative estimate of drug-likeness (QED) is 0.317. The summed E-state index contributed by atoms with van der Waals surface area (Å²) in [5.74, 6) is 1.09. The molecule has 1 atom stereocenters. The molecule has 1 N–H and O–H groups in total. The fourth-order valence-corrected chi connectivity index (χ4v) is 2.09. The third kappa shape index (κ3) is 55.8. The average molecular weight is 567 g/mol. The van der Waals surface area contributed by atoms with Crippen molar-refractivity contribution in [2.75, 3.05) is 13.6 Å². The van der Waals surface area contributed by atoms with Gasteiger partial charge in [-0.15, -0.1) is 0 Å². The molecule has 40 heavy (non-hydrogen) atoms. The molecular formula is C34H66N2O4. The van der Waals surface area contributed by atoms with Crippen LogP contribution in [0.4, 0.5) is 0 Å². The van der Waals surface area contributed by atoms with Crippen LogP contribution in [0.2, 0.25) is 0 Å². The first-order chi connectivity index (χ1) is 19.0. The molecule has 1 amide bonds. The molecule has 236 valence electrons. The number of ketones is 2. The summed E-state index contributed by atoms with van der Waals surface area (Å²) in [5, 5.41) is 4.81. The van der Waals surface area contributed by atoms with Crippen LogP contribution in [0.15, 0.2) is 41.6 Å². The number of amides is 1. The molecule has 0 bridgehead atoms. The number of hydrogen-bond acceptors (Lipinski definition) is 5. The summed E-state index contributed by atoms with van der Waals surface area (Å²) in [5.41, 5.74) is 1.04. The van der Waals surface area contributed by atoms with E-state index in [0.717, 1.165) is 17.4 Å². The van der Waals surface area contributed by atoms with Crippen LogP contribution in [-0.2, 0) is 14.4 Å². The Hall–Kier alpha value is -2.63. The van der Waals surface area contributed by atoms with Crippen molar-refractivity contribution in [3.8, 4) is 0 Å². The zero-order chi connectivity index (χ0) is 32.9. The van der Waals surface area contributed by atoms with Gasteiger partial charge in [-0.05, 0) is 37.7 Å². The first kappa shape index (κ1) is 50.2. The van der Waals surface area contributed by atoms with Crippen molar-refractivity contribution >= 4 is 23.5 Å². The van der Waals surface area contributed by atoms with Crippen LogP contribution in [0.1, 0.15) is 128 Å². The summed E-state index contributed by atoms with van der Waals surface area (Å²) in [6.07, 6.45) is 7.43. The number of benzene rings is 1. The summed E-state index contributed by atoms with van der Waals surface area (Å²) in [6.45, 7) is 27.7. The van der Waals surface area contributed by atoms with Gasteiger partial charge >= 0.3 is 0 Å². The molecule has 1 saturated carbocycles. The van der Waals surface area contributed by atoms with E-state index in [1.807, 2.05) is 97.9 Å². The minimum Gasteiger partial charge on any atom is -0.349 e. The molecule has 1 aromatic carbocycles. The molecule has 6 nitrogen and oxygen atoms in total. The SMILES string of the molecule is CC.CC.CC.CC.CC(=O)CNC(=O)C(C/C=C/c1ccccc1)CC(C)=O.CC(C)C.CC1CC1.CN=O. The molecule has 6 heteroatoms. The number of nitroso groups, excluding NO2 is 1. The smallest absolute Gasteiger partial charge is 0.224 e. The predicted octanol–water partition coefficient (Wildman–Crippen LogP) is 9.96. The summed E-state index contributed by atoms with van der Waals surface area (Å²) < 4.78 is 0. The maximum absolute atomic E-state index is 12.0. The van der Waals surface area contributed by atoms with Gasteiger partial charge in [-0.25, -0.2) is 0 Å². The molecule has 0 aliphatic heterocycles. The summed E-state index contributed by atoms with van der Waals surface area (Å²) in [6, 6.07) is 9.74. The first-order valence-electron chi connectivity index (χ1n) is 15.2. The normalized spacial score (nSPS) is 10.8. The Balaban J connectivity index is -0.000000124. The molecule has 1 aliphatic rings. The zero-order valence-electron chi connectivity index (χ0n) is 28.9. The van der Waals surface area contributed by atoms with Crippen molar-refractivity contribution in [2.45, 2.75) is 123 Å². The van der Waals surface area contributed by atoms with E-state index in [4.69, 9.17) is 4.91 Å². The van der Waals surface area contributed by atoms with Gasteiger partial charge in [-0.3, -0.25) is 9.59 Å². The highest BCUT2D eigenvalue weighted by Crippen LogP contribution is 2.26. The van der Waals surface area contributed by atoms with E-state index in [1.165, 1.54) is 33.7 Å². The van der Waals surface area contributed by atoms with E-state index in [0.29, 0.717) is 6.42 Å². The van der Waals surface area contributed by atoms with E-state index in [1.54, 1.807) is 0 Å². The second kappa shape index (κ2) is 43.4. The van der Waals surface area contributed by atoms with Crippen LogP contribution in [0.5, 0.6) is 0 Å². The third-order valence-corrected chi connectivity index (χ3v) is 3.81. The van der Waals surface area contributed by atoms with Crippen LogP contribution >= 0.6 is 0 Å². The highest BCUT2D eigenvalue weighted by molar-refractivity contribution is 5.88. The van der Waals surface area contributed by atoms with E-state index in [-0.39, 0.29) is 30.4 Å². The number of hydrogen-bond donors (Lipinski definition) is 1. The van der Waals surface area contributed by atoms with Crippen LogP contribution in [-0.4, -0.2) is 31.1 Å². The molecule has 1 aliphatic carbocycles. The van der Waals surface area contributed by atoms with E-state index < -0.39 is 5.92 Å². The molecule has 0 aromatic heterocycles. The van der Waals surface area contributed by atoms with Gasteiger partial charge in [-0.2, -0.15) is 4.91 Å². The Kier molecular flexibility index (Phi) is 54.5. The Morgan fingerprint density at radius 2 is 1.25 bits per heavy atom. The second-order valence-electron chi connectivity index (χ2n) is 8.67. The molecule has 1 unspecified atom stereocenters. The van der Waals surface area contributed by atoms with Crippen LogP contribution in [0, 0.1) is 22.7 Å². The van der Waals surface area contributed by atoms with Gasteiger partial charge in [0, 0.05) is 12.3 Å². The van der Waals surface area contributed by atoms with Gasteiger partial charge in [0.15, 0.2) is 0 Å². The largest absolute Gasteiger partial charge is 0.349 e. The maximum atomic E-state index is 12.0. The fraction of sp³-hybridized carbons (Fsp3) is 0.676. The monoisotopic (exact) mass is 567 g/mol. The highest BCUT2D eigenvalue weighted by atomic mass is 16.2. The molecular weight excluding hydrogens is 500 g/mol. The number of Topliss-reactive ketones (excluding diaryl/α,β-unsaturated/α-hetero) is 2. The van der Waals surface area contributed by atoms with Crippen molar-refractivity contribution in [1.82, 2.24) is 5.32 Å². The molecule has 0 saturated heterocycles. The van der Waals surface area contributed by atoms with Gasteiger partial charge in [0.25, 0.3) is 0 Å². The standard InChI is InChI=1S/C17H21NO3.C4H8.C4H10.4C2H6.CH3NO/c1-13(19)11-16(17(21)18-12-14(2)20)10-6-9-15-7-4-3-5-8-15;1-4-2-3-4;1-4(2)3;4*1-2;1-2-3/h3-9,16H,10-12H2,1-2H3,(H,18,21);4H,2-3H2,1H3;4H,1-3H3;4*1-2H3;1H3/b9-6+;;;;;;;. The van der Waals surface area contributed by atoms with Crippen molar-refractivity contribution in [3.63, 3.8) is 0 Å². The Morgan fingerprint density at radius 3 is 1.55 bits per heavy atom. The first-order valence-corrected chi connectivity index (χ1v) is 15.2. The Bertz CT molecular complexity index is 680. The number of carbonyl (C=O) groups is 3. The summed E-state index contributed by atoms with van der Waals surface area (Å²) in [7, 11) is 1.19. The van der Waals surface area contributed by atoms with Gasteiger partial charge in [0.2, 0.25) is 5.91 Å². The molecule has 0 heterocycles. The minimum atomic E-state index is -0.429. The maximum Gasteiger partial charge on any atom is 0.224 e. The second-order valence-corrected chi connectivity index (χ2v) is 8.67. The Labute approximate surface area is 249 Å². The lowest BCUT2D eigenvalue weighted by molar-refractivity contribution is -0.130. The molecule has 0 radical (unpaired) electrons. The number of nitrogens with one attached hydrogen (secondary N) is 1. The minimum absolute atomic E-state index is 0.00956. The van der Waals surface area contributed by atoms with Gasteiger partial charge in [0.05, 0.1) is 13.6 Å². The van der Waals surface area contributed by atoms with Gasteiger partial charge in [0.1, 0.15) is 11.6 Å².